The molecule has 0 aliphatic carbocycles. The molecule has 0 spiro atoms. The lowest BCUT2D eigenvalue weighted by atomic mass is 10.1. The first kappa shape index (κ1) is 15.7. The van der Waals surface area contributed by atoms with Crippen LogP contribution in [-0.2, 0) is 14.4 Å². The monoisotopic (exact) mass is 299 g/mol. The second-order valence-electron chi connectivity index (χ2n) is 5.52. The van der Waals surface area contributed by atoms with Gasteiger partial charge in [-0.05, 0) is 12.8 Å². The van der Waals surface area contributed by atoms with Gasteiger partial charge in [0, 0.05) is 32.5 Å². The minimum absolute atomic E-state index is 0.0980. The van der Waals surface area contributed by atoms with E-state index in [9.17, 15) is 19.5 Å². The third-order valence-corrected chi connectivity index (χ3v) is 4.06. The molecule has 2 amide bonds. The Hall–Kier alpha value is -1.67. The number of nitrogens with zero attached hydrogens (tertiary/aromatic N) is 2. The number of nitrogens with two attached hydrogens (primary N) is 1. The van der Waals surface area contributed by atoms with Crippen molar-refractivity contribution in [1.82, 2.24) is 9.80 Å². The van der Waals surface area contributed by atoms with Crippen molar-refractivity contribution in [3.05, 3.63) is 0 Å². The summed E-state index contributed by atoms with van der Waals surface area (Å²) in [6.07, 6.45) is 0.560. The Morgan fingerprint density at radius 1 is 1.19 bits per heavy atom. The summed E-state index contributed by atoms with van der Waals surface area (Å²) in [5.74, 6) is -1.69. The number of aliphatic carboxylic acids is 1. The molecule has 2 fully saturated rings. The van der Waals surface area contributed by atoms with E-state index >= 15 is 0 Å². The van der Waals surface area contributed by atoms with E-state index in [1.165, 1.54) is 9.80 Å². The van der Waals surface area contributed by atoms with Crippen molar-refractivity contribution in [2.45, 2.75) is 43.9 Å². The van der Waals surface area contributed by atoms with Gasteiger partial charge in [0.1, 0.15) is 12.1 Å². The van der Waals surface area contributed by atoms with E-state index in [0.717, 1.165) is 0 Å². The predicted octanol–water partition coefficient (Wildman–Crippen LogP) is -1.63. The first-order valence-electron chi connectivity index (χ1n) is 7.16. The van der Waals surface area contributed by atoms with Crippen LogP contribution in [0.3, 0.4) is 0 Å². The number of carboxylic acid groups (broad SMARTS) is 1. The number of carboxylic acids is 1. The Balaban J connectivity index is 2.12. The Kier molecular flexibility index (Phi) is 4.79. The molecule has 2 aliphatic heterocycles. The van der Waals surface area contributed by atoms with Crippen molar-refractivity contribution >= 4 is 17.8 Å². The molecule has 2 heterocycles. The number of carbonyl (C=O) groups is 3. The first-order valence-corrected chi connectivity index (χ1v) is 7.16. The molecule has 0 aromatic carbocycles. The number of carbonyl (C=O) groups excluding carboxylic acids is 2. The number of aliphatic hydroxyl groups excluding tert-OH is 1. The summed E-state index contributed by atoms with van der Waals surface area (Å²) < 4.78 is 0. The summed E-state index contributed by atoms with van der Waals surface area (Å²) >= 11 is 0. The molecule has 0 unspecified atom stereocenters. The summed E-state index contributed by atoms with van der Waals surface area (Å²) in [5, 5.41) is 18.9. The van der Waals surface area contributed by atoms with Crippen LogP contribution < -0.4 is 5.73 Å². The van der Waals surface area contributed by atoms with E-state index in [1.807, 2.05) is 0 Å². The Morgan fingerprint density at radius 3 is 2.52 bits per heavy atom. The standard InChI is InChI=1S/C13H21N3O5/c14-4-3-11(18)16-7-8(17)6-10(16)12(19)15-5-1-2-9(15)13(20)21/h8-10,17H,1-7,14H2,(H,20,21)/t8-,9+,10+/m1/s1. The van der Waals surface area contributed by atoms with Crippen molar-refractivity contribution < 1.29 is 24.6 Å². The van der Waals surface area contributed by atoms with E-state index in [1.54, 1.807) is 0 Å². The third-order valence-electron chi connectivity index (χ3n) is 4.06. The molecule has 8 nitrogen and oxygen atoms in total. The molecular weight excluding hydrogens is 278 g/mol. The fraction of sp³-hybridized carbons (Fsp3) is 0.769. The maximum Gasteiger partial charge on any atom is 0.326 e. The van der Waals surface area contributed by atoms with Crippen LogP contribution >= 0.6 is 0 Å². The van der Waals surface area contributed by atoms with Crippen LogP contribution in [0.1, 0.15) is 25.7 Å². The van der Waals surface area contributed by atoms with Gasteiger partial charge in [-0.1, -0.05) is 0 Å². The van der Waals surface area contributed by atoms with Crippen molar-refractivity contribution in [2.24, 2.45) is 5.73 Å². The molecule has 3 atom stereocenters. The molecule has 0 radical (unpaired) electrons. The topological polar surface area (TPSA) is 124 Å². The lowest BCUT2D eigenvalue weighted by Crippen LogP contribution is -2.51. The average Bonchev–Trinajstić information content (AvgIpc) is 3.04. The van der Waals surface area contributed by atoms with Gasteiger partial charge in [0.2, 0.25) is 11.8 Å². The van der Waals surface area contributed by atoms with Crippen LogP contribution in [0.25, 0.3) is 0 Å². The van der Waals surface area contributed by atoms with E-state index in [2.05, 4.69) is 0 Å². The van der Waals surface area contributed by atoms with Gasteiger partial charge in [0.05, 0.1) is 6.10 Å². The minimum atomic E-state index is -1.03. The number of hydrogen-bond donors (Lipinski definition) is 3. The Bertz CT molecular complexity index is 442. The van der Waals surface area contributed by atoms with Gasteiger partial charge >= 0.3 is 5.97 Å². The first-order chi connectivity index (χ1) is 9.95. The molecule has 0 aromatic rings. The Morgan fingerprint density at radius 2 is 1.90 bits per heavy atom. The van der Waals surface area contributed by atoms with Crippen LogP contribution in [0.5, 0.6) is 0 Å². The van der Waals surface area contributed by atoms with Crippen LogP contribution in [0.15, 0.2) is 0 Å². The highest BCUT2D eigenvalue weighted by molar-refractivity contribution is 5.91. The molecule has 4 N–H and O–H groups in total. The molecule has 0 bridgehead atoms. The van der Waals surface area contributed by atoms with Crippen LogP contribution in [0.2, 0.25) is 0 Å². The number of aliphatic hydroxyl groups is 1. The normalized spacial score (nSPS) is 29.0. The van der Waals surface area contributed by atoms with Gasteiger partial charge in [-0.15, -0.1) is 0 Å². The van der Waals surface area contributed by atoms with Gasteiger partial charge in [-0.25, -0.2) is 4.79 Å². The zero-order valence-corrected chi connectivity index (χ0v) is 11.8. The van der Waals surface area contributed by atoms with Crippen molar-refractivity contribution in [3.8, 4) is 0 Å². The number of amides is 2. The fourth-order valence-electron chi connectivity index (χ4n) is 3.07. The molecule has 2 rings (SSSR count). The molecule has 8 heteroatoms. The van der Waals surface area contributed by atoms with Crippen molar-refractivity contribution in [1.29, 1.82) is 0 Å². The van der Waals surface area contributed by atoms with Crippen molar-refractivity contribution in [3.63, 3.8) is 0 Å². The van der Waals surface area contributed by atoms with E-state index < -0.39 is 24.2 Å². The second-order valence-corrected chi connectivity index (χ2v) is 5.52. The lowest BCUT2D eigenvalue weighted by molar-refractivity contribution is -0.151. The maximum absolute atomic E-state index is 12.6. The SMILES string of the molecule is NCCC(=O)N1C[C@H](O)C[C@H]1C(=O)N1CCC[C@H]1C(=O)O. The highest BCUT2D eigenvalue weighted by atomic mass is 16.4. The summed E-state index contributed by atoms with van der Waals surface area (Å²) in [6, 6.07) is -1.61. The molecule has 2 aliphatic rings. The molecule has 2 saturated heterocycles. The van der Waals surface area contributed by atoms with E-state index in [0.29, 0.717) is 19.4 Å². The maximum atomic E-state index is 12.6. The smallest absolute Gasteiger partial charge is 0.326 e. The number of likely N-dealkylation sites (tertiary alicyclic amines) is 2. The van der Waals surface area contributed by atoms with Gasteiger partial charge < -0.3 is 25.7 Å². The van der Waals surface area contributed by atoms with Gasteiger partial charge in [0.15, 0.2) is 0 Å². The summed E-state index contributed by atoms with van der Waals surface area (Å²) in [5.41, 5.74) is 5.35. The molecule has 0 saturated carbocycles. The highest BCUT2D eigenvalue weighted by Gasteiger charge is 2.44. The average molecular weight is 299 g/mol. The molecule has 21 heavy (non-hydrogen) atoms. The largest absolute Gasteiger partial charge is 0.480 e. The number of rotatable bonds is 4. The third kappa shape index (κ3) is 3.16. The van der Waals surface area contributed by atoms with E-state index in [-0.39, 0.29) is 37.7 Å². The highest BCUT2D eigenvalue weighted by Crippen LogP contribution is 2.25. The molecular formula is C13H21N3O5. The van der Waals surface area contributed by atoms with Crippen LogP contribution in [0.4, 0.5) is 0 Å². The Labute approximate surface area is 122 Å². The summed E-state index contributed by atoms with van der Waals surface area (Å²) in [4.78, 5) is 38.4. The predicted molar refractivity (Wildman–Crippen MR) is 72.2 cm³/mol. The van der Waals surface area contributed by atoms with Gasteiger partial charge in [0.25, 0.3) is 0 Å². The lowest BCUT2D eigenvalue weighted by Gasteiger charge is -2.29. The number of hydrogen-bond acceptors (Lipinski definition) is 5. The molecule has 118 valence electrons. The quantitative estimate of drug-likeness (QED) is 0.572. The van der Waals surface area contributed by atoms with Crippen LogP contribution in [-0.4, -0.2) is 75.6 Å². The molecule has 0 aromatic heterocycles. The van der Waals surface area contributed by atoms with Crippen molar-refractivity contribution in [2.75, 3.05) is 19.6 Å². The van der Waals surface area contributed by atoms with E-state index in [4.69, 9.17) is 10.8 Å². The summed E-state index contributed by atoms with van der Waals surface area (Å²) in [7, 11) is 0. The minimum Gasteiger partial charge on any atom is -0.480 e. The number of β-amino-alcohol motifs (C(OH)–C–C–N with tert-alkyl or cyclic N) is 1. The van der Waals surface area contributed by atoms with Crippen LogP contribution in [0, 0.1) is 0 Å². The van der Waals surface area contributed by atoms with Gasteiger partial charge in [-0.3, -0.25) is 9.59 Å². The second kappa shape index (κ2) is 6.40. The van der Waals surface area contributed by atoms with Gasteiger partial charge in [-0.2, -0.15) is 0 Å². The fourth-order valence-corrected chi connectivity index (χ4v) is 3.07. The zero-order valence-electron chi connectivity index (χ0n) is 11.8. The summed E-state index contributed by atoms with van der Waals surface area (Å²) in [6.45, 7) is 0.649. The zero-order chi connectivity index (χ0) is 15.6.